The molecule has 17 heavy (non-hydrogen) atoms. The Morgan fingerprint density at radius 1 is 1.41 bits per heavy atom. The molecule has 96 valence electrons. The number of hydrogen-bond donors (Lipinski definition) is 1. The van der Waals surface area contributed by atoms with Crippen LogP contribution in [0, 0.1) is 5.82 Å². The lowest BCUT2D eigenvalue weighted by Gasteiger charge is -2.25. The van der Waals surface area contributed by atoms with Gasteiger partial charge in [0.05, 0.1) is 12.7 Å². The summed E-state index contributed by atoms with van der Waals surface area (Å²) >= 11 is 0. The van der Waals surface area contributed by atoms with Crippen LogP contribution in [-0.4, -0.2) is 36.3 Å². The molecule has 0 atom stereocenters. The van der Waals surface area contributed by atoms with Crippen molar-refractivity contribution in [3.05, 3.63) is 29.6 Å². The number of halogens is 1. The van der Waals surface area contributed by atoms with E-state index in [1.165, 1.54) is 13.2 Å². The first kappa shape index (κ1) is 13.9. The first-order chi connectivity index (χ1) is 7.81. The highest BCUT2D eigenvalue weighted by Crippen LogP contribution is 2.18. The molecule has 0 radical (unpaired) electrons. The van der Waals surface area contributed by atoms with E-state index in [0.29, 0.717) is 13.1 Å². The Morgan fingerprint density at radius 2 is 2.06 bits per heavy atom. The van der Waals surface area contributed by atoms with Crippen molar-refractivity contribution in [2.24, 2.45) is 0 Å². The summed E-state index contributed by atoms with van der Waals surface area (Å²) in [4.78, 5) is 1.95. The second kappa shape index (κ2) is 5.47. The van der Waals surface area contributed by atoms with E-state index >= 15 is 0 Å². The average molecular weight is 241 g/mol. The van der Waals surface area contributed by atoms with Crippen molar-refractivity contribution in [1.29, 1.82) is 0 Å². The zero-order valence-electron chi connectivity index (χ0n) is 10.8. The maximum absolute atomic E-state index is 13.4. The van der Waals surface area contributed by atoms with Crippen molar-refractivity contribution in [2.45, 2.75) is 26.0 Å². The SMILES string of the molecule is COc1ccc(CN(C)CC(C)(C)O)cc1F. The van der Waals surface area contributed by atoms with E-state index in [-0.39, 0.29) is 11.6 Å². The monoisotopic (exact) mass is 241 g/mol. The summed E-state index contributed by atoms with van der Waals surface area (Å²) in [6.07, 6.45) is 0. The van der Waals surface area contributed by atoms with Crippen LogP contribution in [0.15, 0.2) is 18.2 Å². The average Bonchev–Trinajstić information content (AvgIpc) is 2.14. The van der Waals surface area contributed by atoms with Gasteiger partial charge < -0.3 is 9.84 Å². The van der Waals surface area contributed by atoms with E-state index in [4.69, 9.17) is 4.74 Å². The zero-order valence-corrected chi connectivity index (χ0v) is 10.8. The fourth-order valence-electron chi connectivity index (χ4n) is 1.84. The summed E-state index contributed by atoms with van der Waals surface area (Å²) in [5.41, 5.74) is 0.106. The van der Waals surface area contributed by atoms with Gasteiger partial charge in [0.1, 0.15) is 0 Å². The Hall–Kier alpha value is -1.13. The van der Waals surface area contributed by atoms with E-state index < -0.39 is 5.60 Å². The number of likely N-dealkylation sites (N-methyl/N-ethyl adjacent to an activating group) is 1. The van der Waals surface area contributed by atoms with E-state index in [1.807, 2.05) is 18.0 Å². The van der Waals surface area contributed by atoms with Crippen LogP contribution >= 0.6 is 0 Å². The summed E-state index contributed by atoms with van der Waals surface area (Å²) in [5.74, 6) is -0.111. The van der Waals surface area contributed by atoms with Crippen molar-refractivity contribution < 1.29 is 14.2 Å². The Balaban J connectivity index is 2.66. The molecular weight excluding hydrogens is 221 g/mol. The van der Waals surface area contributed by atoms with Crippen LogP contribution in [0.1, 0.15) is 19.4 Å². The van der Waals surface area contributed by atoms with Gasteiger partial charge in [0.25, 0.3) is 0 Å². The van der Waals surface area contributed by atoms with Crippen molar-refractivity contribution in [3.8, 4) is 5.75 Å². The van der Waals surface area contributed by atoms with Crippen LogP contribution in [0.2, 0.25) is 0 Å². The van der Waals surface area contributed by atoms with E-state index in [9.17, 15) is 9.50 Å². The van der Waals surface area contributed by atoms with Gasteiger partial charge in [-0.2, -0.15) is 0 Å². The second-order valence-corrected chi connectivity index (χ2v) is 4.95. The fourth-order valence-corrected chi connectivity index (χ4v) is 1.84. The highest BCUT2D eigenvalue weighted by molar-refractivity contribution is 5.29. The van der Waals surface area contributed by atoms with Crippen molar-refractivity contribution in [2.75, 3.05) is 20.7 Å². The molecule has 0 fully saturated rings. The molecule has 0 unspecified atom stereocenters. The first-order valence-corrected chi connectivity index (χ1v) is 5.55. The standard InChI is InChI=1S/C13H20FNO2/c1-13(2,16)9-15(3)8-10-5-6-12(17-4)11(14)7-10/h5-7,16H,8-9H2,1-4H3. The Kier molecular flexibility index (Phi) is 4.48. The second-order valence-electron chi connectivity index (χ2n) is 4.95. The number of nitrogens with zero attached hydrogens (tertiary/aromatic N) is 1. The minimum atomic E-state index is -0.750. The van der Waals surface area contributed by atoms with Gasteiger partial charge in [-0.15, -0.1) is 0 Å². The molecule has 0 amide bonds. The Morgan fingerprint density at radius 3 is 2.53 bits per heavy atom. The lowest BCUT2D eigenvalue weighted by Crippen LogP contribution is -2.35. The minimum Gasteiger partial charge on any atom is -0.494 e. The lowest BCUT2D eigenvalue weighted by atomic mass is 10.1. The summed E-state index contributed by atoms with van der Waals surface area (Å²) in [6.45, 7) is 4.61. The first-order valence-electron chi connectivity index (χ1n) is 5.55. The predicted molar refractivity (Wildman–Crippen MR) is 65.6 cm³/mol. The summed E-state index contributed by atoms with van der Waals surface area (Å²) in [6, 6.07) is 4.89. The summed E-state index contributed by atoms with van der Waals surface area (Å²) < 4.78 is 18.3. The molecule has 0 heterocycles. The van der Waals surface area contributed by atoms with Crippen molar-refractivity contribution in [1.82, 2.24) is 4.90 Å². The number of rotatable bonds is 5. The van der Waals surface area contributed by atoms with Crippen LogP contribution < -0.4 is 4.74 Å². The number of hydrogen-bond acceptors (Lipinski definition) is 3. The third-order valence-electron chi connectivity index (χ3n) is 2.33. The molecule has 3 nitrogen and oxygen atoms in total. The van der Waals surface area contributed by atoms with Gasteiger partial charge in [-0.05, 0) is 38.6 Å². The van der Waals surface area contributed by atoms with Crippen LogP contribution in [0.4, 0.5) is 4.39 Å². The highest BCUT2D eigenvalue weighted by Gasteiger charge is 2.16. The molecular formula is C13H20FNO2. The molecule has 1 aromatic rings. The Bertz CT molecular complexity index is 374. The van der Waals surface area contributed by atoms with Gasteiger partial charge in [0.15, 0.2) is 11.6 Å². The molecule has 1 aromatic carbocycles. The van der Waals surface area contributed by atoms with Crippen molar-refractivity contribution >= 4 is 0 Å². The topological polar surface area (TPSA) is 32.7 Å². The molecule has 0 saturated heterocycles. The van der Waals surface area contributed by atoms with Crippen LogP contribution in [0.3, 0.4) is 0 Å². The summed E-state index contributed by atoms with van der Waals surface area (Å²) in [7, 11) is 3.33. The normalized spacial score (nSPS) is 11.9. The molecule has 0 aliphatic heterocycles. The van der Waals surface area contributed by atoms with Crippen LogP contribution in [0.5, 0.6) is 5.75 Å². The van der Waals surface area contributed by atoms with E-state index in [1.54, 1.807) is 19.9 Å². The van der Waals surface area contributed by atoms with Gasteiger partial charge >= 0.3 is 0 Å². The van der Waals surface area contributed by atoms with Crippen LogP contribution in [-0.2, 0) is 6.54 Å². The molecule has 0 aliphatic rings. The lowest BCUT2D eigenvalue weighted by molar-refractivity contribution is 0.0424. The Labute approximate surface area is 102 Å². The van der Waals surface area contributed by atoms with Gasteiger partial charge in [-0.1, -0.05) is 6.07 Å². The summed E-state index contributed by atoms with van der Waals surface area (Å²) in [5, 5.41) is 9.67. The molecule has 0 bridgehead atoms. The molecule has 1 N–H and O–H groups in total. The molecule has 0 spiro atoms. The zero-order chi connectivity index (χ0) is 13.1. The minimum absolute atomic E-state index is 0.249. The fraction of sp³-hybridized carbons (Fsp3) is 0.538. The molecule has 1 rings (SSSR count). The predicted octanol–water partition coefficient (Wildman–Crippen LogP) is 2.04. The van der Waals surface area contributed by atoms with Crippen molar-refractivity contribution in [3.63, 3.8) is 0 Å². The number of benzene rings is 1. The van der Waals surface area contributed by atoms with Gasteiger partial charge in [0, 0.05) is 13.1 Å². The quantitative estimate of drug-likeness (QED) is 0.856. The number of methoxy groups -OCH3 is 1. The molecule has 0 aliphatic carbocycles. The largest absolute Gasteiger partial charge is 0.494 e. The van der Waals surface area contributed by atoms with E-state index in [0.717, 1.165) is 5.56 Å². The van der Waals surface area contributed by atoms with Gasteiger partial charge in [-0.3, -0.25) is 4.90 Å². The molecule has 4 heteroatoms. The molecule has 0 saturated carbocycles. The number of ether oxygens (including phenoxy) is 1. The maximum atomic E-state index is 13.4. The van der Waals surface area contributed by atoms with Gasteiger partial charge in [-0.25, -0.2) is 4.39 Å². The van der Waals surface area contributed by atoms with Crippen LogP contribution in [0.25, 0.3) is 0 Å². The maximum Gasteiger partial charge on any atom is 0.165 e. The molecule has 0 aromatic heterocycles. The van der Waals surface area contributed by atoms with Gasteiger partial charge in [0.2, 0.25) is 0 Å². The highest BCUT2D eigenvalue weighted by atomic mass is 19.1. The number of aliphatic hydroxyl groups is 1. The third-order valence-corrected chi connectivity index (χ3v) is 2.33. The third kappa shape index (κ3) is 4.71. The van der Waals surface area contributed by atoms with E-state index in [2.05, 4.69) is 0 Å². The smallest absolute Gasteiger partial charge is 0.165 e.